The zero-order chi connectivity index (χ0) is 32.4. The molecule has 5 aromatic rings. The maximum Gasteiger partial charge on any atom is 0.263 e. The van der Waals surface area contributed by atoms with E-state index in [0.29, 0.717) is 46.4 Å². The van der Waals surface area contributed by atoms with Gasteiger partial charge in [0.05, 0.1) is 22.8 Å². The summed E-state index contributed by atoms with van der Waals surface area (Å²) < 4.78 is 30.0. The molecule has 0 radical (unpaired) electrons. The van der Waals surface area contributed by atoms with Gasteiger partial charge in [-0.1, -0.05) is 12.1 Å². The lowest BCUT2D eigenvalue weighted by molar-refractivity contribution is 0.255. The highest BCUT2D eigenvalue weighted by molar-refractivity contribution is 7.91. The van der Waals surface area contributed by atoms with Crippen LogP contribution in [0.4, 0.5) is 11.6 Å². The second-order valence-electron chi connectivity index (χ2n) is 12.2. The van der Waals surface area contributed by atoms with Crippen molar-refractivity contribution in [2.45, 2.75) is 30.2 Å². The smallest absolute Gasteiger partial charge is 0.263 e. The van der Waals surface area contributed by atoms with Crippen LogP contribution in [0, 0.1) is 0 Å². The average Bonchev–Trinajstić information content (AvgIpc) is 3.48. The number of nitrogens with one attached hydrogen (secondary N) is 1. The fourth-order valence-electron chi connectivity index (χ4n) is 5.86. The summed E-state index contributed by atoms with van der Waals surface area (Å²) in [4.78, 5) is 36.3. The first-order valence-corrected chi connectivity index (χ1v) is 17.0. The number of aromatic nitrogens is 6. The molecule has 6 rings (SSSR count). The number of hydrogen-bond donors (Lipinski definition) is 1. The Bertz CT molecular complexity index is 2010. The zero-order valence-corrected chi connectivity index (χ0v) is 27.4. The number of benzene rings is 1. The lowest BCUT2D eigenvalue weighted by Crippen LogP contribution is -2.29. The van der Waals surface area contributed by atoms with E-state index in [2.05, 4.69) is 44.3 Å². The highest BCUT2D eigenvalue weighted by atomic mass is 32.2. The van der Waals surface area contributed by atoms with Gasteiger partial charge < -0.3 is 19.7 Å². The van der Waals surface area contributed by atoms with Crippen LogP contribution in [0.1, 0.15) is 29.9 Å². The predicted octanol–water partition coefficient (Wildman–Crippen LogP) is 3.52. The Morgan fingerprint density at radius 2 is 1.76 bits per heavy atom. The summed E-state index contributed by atoms with van der Waals surface area (Å²) in [5, 5.41) is 3.90. The van der Waals surface area contributed by atoms with Crippen molar-refractivity contribution in [1.82, 2.24) is 38.9 Å². The van der Waals surface area contributed by atoms with E-state index in [1.807, 2.05) is 38.2 Å². The van der Waals surface area contributed by atoms with Crippen molar-refractivity contribution in [3.8, 4) is 11.4 Å². The number of sulfone groups is 1. The molecule has 1 saturated heterocycles. The van der Waals surface area contributed by atoms with Gasteiger partial charge in [-0.05, 0) is 88.4 Å². The molecule has 0 bridgehead atoms. The maximum absolute atomic E-state index is 14.1. The van der Waals surface area contributed by atoms with Crippen molar-refractivity contribution in [3.63, 3.8) is 0 Å². The van der Waals surface area contributed by atoms with Gasteiger partial charge in [0.15, 0.2) is 9.84 Å². The molecular formula is C33H39N9O3S. The minimum atomic E-state index is -3.68. The van der Waals surface area contributed by atoms with Gasteiger partial charge in [0, 0.05) is 55.7 Å². The zero-order valence-electron chi connectivity index (χ0n) is 26.6. The summed E-state index contributed by atoms with van der Waals surface area (Å²) in [5.74, 6) is 1.29. The van der Waals surface area contributed by atoms with Crippen LogP contribution in [0.5, 0.6) is 0 Å². The average molecular weight is 642 g/mol. The molecule has 5 heterocycles. The molecule has 240 valence electrons. The number of rotatable bonds is 10. The van der Waals surface area contributed by atoms with Crippen molar-refractivity contribution in [3.05, 3.63) is 88.9 Å². The van der Waals surface area contributed by atoms with Crippen LogP contribution in [-0.4, -0.2) is 93.8 Å². The van der Waals surface area contributed by atoms with E-state index in [0.717, 1.165) is 31.6 Å². The van der Waals surface area contributed by atoms with E-state index in [4.69, 9.17) is 4.98 Å². The first kappa shape index (κ1) is 31.5. The predicted molar refractivity (Wildman–Crippen MR) is 179 cm³/mol. The van der Waals surface area contributed by atoms with E-state index in [9.17, 15) is 13.2 Å². The standard InChI is InChI=1S/C33H39N9O3S/c1-39(2)17-18-46(44,45)29-21-34-12-9-25(29)22-42-30-26(19-28(32(42)43)31-35-13-16-41(31)4)20-36-33(38-30)37-27-7-5-23(6-8-27)24-10-14-40(3)15-11-24/h5-9,12-13,16,19-21,24H,10-11,14-15,17-18,22H2,1-4H3,(H,36,37,38). The van der Waals surface area contributed by atoms with Gasteiger partial charge in [-0.2, -0.15) is 4.98 Å². The Hall–Kier alpha value is -4.46. The van der Waals surface area contributed by atoms with Crippen molar-refractivity contribution < 1.29 is 8.42 Å². The van der Waals surface area contributed by atoms with Gasteiger partial charge in [-0.25, -0.2) is 18.4 Å². The van der Waals surface area contributed by atoms with E-state index in [1.165, 1.54) is 22.5 Å². The Balaban J connectivity index is 1.38. The van der Waals surface area contributed by atoms with Crippen molar-refractivity contribution in [2.75, 3.05) is 51.8 Å². The molecule has 0 spiro atoms. The normalized spacial score (nSPS) is 14.7. The van der Waals surface area contributed by atoms with Crippen LogP contribution >= 0.6 is 0 Å². The summed E-state index contributed by atoms with van der Waals surface area (Å²) in [6.45, 7) is 2.52. The van der Waals surface area contributed by atoms with Crippen molar-refractivity contribution >= 4 is 32.5 Å². The molecule has 46 heavy (non-hydrogen) atoms. The monoisotopic (exact) mass is 641 g/mol. The number of aryl methyl sites for hydroxylation is 1. The lowest BCUT2D eigenvalue weighted by Gasteiger charge is -2.29. The van der Waals surface area contributed by atoms with E-state index in [1.54, 1.807) is 35.3 Å². The van der Waals surface area contributed by atoms with Gasteiger partial charge >= 0.3 is 0 Å². The summed E-state index contributed by atoms with van der Waals surface area (Å²) >= 11 is 0. The molecule has 0 unspecified atom stereocenters. The topological polar surface area (TPSA) is 131 Å². The number of piperidine rings is 1. The molecule has 1 aliphatic heterocycles. The summed E-state index contributed by atoms with van der Waals surface area (Å²) in [5.41, 5.74) is 2.99. The third-order valence-corrected chi connectivity index (χ3v) is 10.3. The van der Waals surface area contributed by atoms with E-state index >= 15 is 0 Å². The van der Waals surface area contributed by atoms with E-state index < -0.39 is 9.84 Å². The van der Waals surface area contributed by atoms with Crippen LogP contribution in [0.3, 0.4) is 0 Å². The third-order valence-electron chi connectivity index (χ3n) is 8.59. The quantitative estimate of drug-likeness (QED) is 0.242. The molecule has 1 fully saturated rings. The van der Waals surface area contributed by atoms with Crippen LogP contribution in [-0.2, 0) is 23.4 Å². The van der Waals surface area contributed by atoms with Crippen LogP contribution < -0.4 is 10.9 Å². The highest BCUT2D eigenvalue weighted by Gasteiger charge is 2.23. The lowest BCUT2D eigenvalue weighted by atomic mass is 9.89. The SMILES string of the molecule is CN(C)CCS(=O)(=O)c1cnccc1Cn1c(=O)c(-c2nccn2C)cc2cnc(Nc3ccc(C4CCN(C)CC4)cc3)nc21. The highest BCUT2D eigenvalue weighted by Crippen LogP contribution is 2.29. The summed E-state index contributed by atoms with van der Waals surface area (Å²) in [6.07, 6.45) is 10.2. The van der Waals surface area contributed by atoms with Gasteiger partial charge in [0.25, 0.3) is 5.56 Å². The Labute approximate surface area is 268 Å². The van der Waals surface area contributed by atoms with Crippen molar-refractivity contribution in [1.29, 1.82) is 0 Å². The minimum absolute atomic E-state index is 0.0334. The molecule has 12 nitrogen and oxygen atoms in total. The molecule has 0 atom stereocenters. The Morgan fingerprint density at radius 3 is 2.46 bits per heavy atom. The first-order chi connectivity index (χ1) is 22.1. The van der Waals surface area contributed by atoms with Crippen LogP contribution in [0.25, 0.3) is 22.4 Å². The van der Waals surface area contributed by atoms with Gasteiger partial charge in [0.2, 0.25) is 5.95 Å². The second kappa shape index (κ2) is 13.1. The van der Waals surface area contributed by atoms with Crippen LogP contribution in [0.2, 0.25) is 0 Å². The largest absolute Gasteiger partial charge is 0.334 e. The molecular weight excluding hydrogens is 602 g/mol. The minimum Gasteiger partial charge on any atom is -0.334 e. The summed E-state index contributed by atoms with van der Waals surface area (Å²) in [6, 6.07) is 11.7. The number of imidazole rings is 1. The number of pyridine rings is 2. The first-order valence-electron chi connectivity index (χ1n) is 15.3. The number of anilines is 2. The molecule has 1 aromatic carbocycles. The fraction of sp³-hybridized carbons (Fsp3) is 0.364. The molecule has 0 aliphatic carbocycles. The maximum atomic E-state index is 14.1. The van der Waals surface area contributed by atoms with Crippen molar-refractivity contribution in [2.24, 2.45) is 7.05 Å². The second-order valence-corrected chi connectivity index (χ2v) is 14.3. The fourth-order valence-corrected chi connectivity index (χ4v) is 7.44. The number of nitrogens with zero attached hydrogens (tertiary/aromatic N) is 8. The molecule has 1 N–H and O–H groups in total. The molecule has 0 saturated carbocycles. The number of fused-ring (bicyclic) bond motifs is 1. The Morgan fingerprint density at radius 1 is 1.00 bits per heavy atom. The van der Waals surface area contributed by atoms with Gasteiger partial charge in [-0.3, -0.25) is 14.3 Å². The molecule has 0 amide bonds. The number of likely N-dealkylation sites (tertiary alicyclic amines) is 1. The van der Waals surface area contributed by atoms with Crippen LogP contribution in [0.15, 0.2) is 77.1 Å². The molecule has 4 aromatic heterocycles. The molecule has 13 heteroatoms. The summed E-state index contributed by atoms with van der Waals surface area (Å²) in [7, 11) is 3.95. The Kier molecular flexibility index (Phi) is 8.98. The molecule has 1 aliphatic rings. The van der Waals surface area contributed by atoms with Gasteiger partial charge in [0.1, 0.15) is 11.5 Å². The number of hydrogen-bond acceptors (Lipinski definition) is 10. The third kappa shape index (κ3) is 6.71. The van der Waals surface area contributed by atoms with Gasteiger partial charge in [-0.15, -0.1) is 0 Å². The van der Waals surface area contributed by atoms with E-state index in [-0.39, 0.29) is 22.8 Å².